The van der Waals surface area contributed by atoms with E-state index in [0.717, 1.165) is 36.1 Å². The van der Waals surface area contributed by atoms with E-state index in [9.17, 15) is 4.79 Å². The summed E-state index contributed by atoms with van der Waals surface area (Å²) in [5.41, 5.74) is 8.28. The fourth-order valence-electron chi connectivity index (χ4n) is 3.18. The Bertz CT molecular complexity index is 532. The smallest absolute Gasteiger partial charge is 0.223 e. The number of piperazine rings is 1. The number of rotatable bonds is 2. The topological polar surface area (TPSA) is 49.6 Å². The molecule has 1 aromatic carbocycles. The molecule has 2 saturated heterocycles. The summed E-state index contributed by atoms with van der Waals surface area (Å²) < 4.78 is 1.06. The summed E-state index contributed by atoms with van der Waals surface area (Å²) in [5, 5.41) is 0. The highest BCUT2D eigenvalue weighted by Gasteiger charge is 2.35. The largest absolute Gasteiger partial charge is 0.368 e. The molecule has 0 aliphatic carbocycles. The number of fused-ring (bicyclic) bond motifs is 1. The van der Waals surface area contributed by atoms with E-state index in [0.29, 0.717) is 18.4 Å². The van der Waals surface area contributed by atoms with Gasteiger partial charge in [-0.3, -0.25) is 4.79 Å². The van der Waals surface area contributed by atoms with Crippen LogP contribution in [0.4, 0.5) is 5.69 Å². The Balaban J connectivity index is 1.77. The molecular formula is C15H20BrN3O. The van der Waals surface area contributed by atoms with E-state index >= 15 is 0 Å². The van der Waals surface area contributed by atoms with Gasteiger partial charge in [0.05, 0.1) is 0 Å². The van der Waals surface area contributed by atoms with Gasteiger partial charge in [0, 0.05) is 48.3 Å². The maximum absolute atomic E-state index is 11.7. The number of carbonyl (C=O) groups is 1. The van der Waals surface area contributed by atoms with Gasteiger partial charge < -0.3 is 15.5 Å². The summed E-state index contributed by atoms with van der Waals surface area (Å²) in [6.07, 6.45) is 1.71. The van der Waals surface area contributed by atoms with E-state index in [-0.39, 0.29) is 6.04 Å². The van der Waals surface area contributed by atoms with Crippen molar-refractivity contribution in [3.05, 3.63) is 28.2 Å². The van der Waals surface area contributed by atoms with Gasteiger partial charge in [0.2, 0.25) is 5.91 Å². The van der Waals surface area contributed by atoms with Crippen LogP contribution in [0.15, 0.2) is 22.7 Å². The van der Waals surface area contributed by atoms with Gasteiger partial charge in [0.15, 0.2) is 0 Å². The van der Waals surface area contributed by atoms with Crippen molar-refractivity contribution in [2.75, 3.05) is 24.5 Å². The molecule has 2 atom stereocenters. The molecule has 108 valence electrons. The normalized spacial score (nSPS) is 23.9. The maximum Gasteiger partial charge on any atom is 0.223 e. The molecule has 0 radical (unpaired) electrons. The fourth-order valence-corrected chi connectivity index (χ4v) is 3.91. The Morgan fingerprint density at radius 2 is 2.20 bits per heavy atom. The Kier molecular flexibility index (Phi) is 3.73. The van der Waals surface area contributed by atoms with Crippen molar-refractivity contribution >= 4 is 27.5 Å². The van der Waals surface area contributed by atoms with Gasteiger partial charge in [-0.25, -0.2) is 0 Å². The number of hydrogen-bond donors (Lipinski definition) is 1. The third-order valence-corrected chi connectivity index (χ3v) is 5.02. The molecular weight excluding hydrogens is 318 g/mol. The molecule has 5 heteroatoms. The van der Waals surface area contributed by atoms with Gasteiger partial charge in [-0.2, -0.15) is 0 Å². The van der Waals surface area contributed by atoms with Gasteiger partial charge in [0.25, 0.3) is 0 Å². The molecule has 0 bridgehead atoms. The summed E-state index contributed by atoms with van der Waals surface area (Å²) in [7, 11) is 0. The molecule has 4 nitrogen and oxygen atoms in total. The minimum atomic E-state index is 0.0303. The summed E-state index contributed by atoms with van der Waals surface area (Å²) in [4.78, 5) is 16.1. The summed E-state index contributed by atoms with van der Waals surface area (Å²) in [6.45, 7) is 4.68. The maximum atomic E-state index is 11.7. The standard InChI is InChI=1S/C15H20BrN3O/c1-10(17)13-4-2-11(8-14(13)16)18-6-7-19-12(9-18)3-5-15(19)20/h2,4,8,10,12H,3,5-7,9,17H2,1H3/t10-,12?/m0/s1. The zero-order valence-electron chi connectivity index (χ0n) is 11.7. The minimum absolute atomic E-state index is 0.0303. The zero-order valence-corrected chi connectivity index (χ0v) is 13.3. The fraction of sp³-hybridized carbons (Fsp3) is 0.533. The van der Waals surface area contributed by atoms with E-state index in [2.05, 4.69) is 39.0 Å². The average molecular weight is 338 g/mol. The number of amides is 1. The first-order valence-corrected chi connectivity index (χ1v) is 7.95. The van der Waals surface area contributed by atoms with E-state index in [1.807, 2.05) is 11.8 Å². The predicted molar refractivity (Wildman–Crippen MR) is 83.7 cm³/mol. The van der Waals surface area contributed by atoms with E-state index in [4.69, 9.17) is 5.73 Å². The van der Waals surface area contributed by atoms with Crippen molar-refractivity contribution in [1.29, 1.82) is 0 Å². The molecule has 0 saturated carbocycles. The predicted octanol–water partition coefficient (Wildman–Crippen LogP) is 2.28. The molecule has 20 heavy (non-hydrogen) atoms. The first-order valence-electron chi connectivity index (χ1n) is 7.15. The first kappa shape index (κ1) is 13.9. The molecule has 2 heterocycles. The van der Waals surface area contributed by atoms with E-state index in [1.54, 1.807) is 0 Å². The second-order valence-electron chi connectivity index (χ2n) is 5.72. The number of hydrogen-bond acceptors (Lipinski definition) is 3. The quantitative estimate of drug-likeness (QED) is 0.900. The molecule has 2 fully saturated rings. The lowest BCUT2D eigenvalue weighted by atomic mass is 10.1. The molecule has 2 aliphatic rings. The van der Waals surface area contributed by atoms with Gasteiger partial charge in [-0.1, -0.05) is 22.0 Å². The lowest BCUT2D eigenvalue weighted by Gasteiger charge is -2.39. The number of carbonyl (C=O) groups excluding carboxylic acids is 1. The highest BCUT2D eigenvalue weighted by atomic mass is 79.9. The van der Waals surface area contributed by atoms with Crippen LogP contribution in [0.25, 0.3) is 0 Å². The second kappa shape index (κ2) is 5.37. The van der Waals surface area contributed by atoms with Gasteiger partial charge in [0.1, 0.15) is 0 Å². The van der Waals surface area contributed by atoms with Crippen LogP contribution in [-0.4, -0.2) is 36.5 Å². The lowest BCUT2D eigenvalue weighted by molar-refractivity contribution is -0.129. The van der Waals surface area contributed by atoms with Crippen LogP contribution < -0.4 is 10.6 Å². The average Bonchev–Trinajstić information content (AvgIpc) is 2.79. The van der Waals surface area contributed by atoms with Crippen molar-refractivity contribution in [2.45, 2.75) is 31.8 Å². The van der Waals surface area contributed by atoms with Gasteiger partial charge in [-0.15, -0.1) is 0 Å². The Morgan fingerprint density at radius 3 is 2.90 bits per heavy atom. The highest BCUT2D eigenvalue weighted by molar-refractivity contribution is 9.10. The monoisotopic (exact) mass is 337 g/mol. The Morgan fingerprint density at radius 1 is 1.40 bits per heavy atom. The zero-order chi connectivity index (χ0) is 14.3. The molecule has 0 spiro atoms. The van der Waals surface area contributed by atoms with Crippen LogP contribution >= 0.6 is 15.9 Å². The number of benzene rings is 1. The van der Waals surface area contributed by atoms with Crippen LogP contribution in [0.1, 0.15) is 31.4 Å². The molecule has 3 rings (SSSR count). The number of halogens is 1. The van der Waals surface area contributed by atoms with E-state index in [1.165, 1.54) is 5.69 Å². The Hall–Kier alpha value is -1.07. The van der Waals surface area contributed by atoms with Gasteiger partial charge >= 0.3 is 0 Å². The van der Waals surface area contributed by atoms with Crippen molar-refractivity contribution < 1.29 is 4.79 Å². The van der Waals surface area contributed by atoms with Crippen LogP contribution in [-0.2, 0) is 4.79 Å². The van der Waals surface area contributed by atoms with Crippen LogP contribution in [0, 0.1) is 0 Å². The van der Waals surface area contributed by atoms with Crippen molar-refractivity contribution in [2.24, 2.45) is 5.73 Å². The third kappa shape index (κ3) is 2.44. The summed E-state index contributed by atoms with van der Waals surface area (Å²) in [6, 6.07) is 6.79. The summed E-state index contributed by atoms with van der Waals surface area (Å²) >= 11 is 3.61. The molecule has 1 unspecified atom stereocenters. The molecule has 1 amide bonds. The SMILES string of the molecule is C[C@H](N)c1ccc(N2CCN3C(=O)CCC3C2)cc1Br. The minimum Gasteiger partial charge on any atom is -0.368 e. The number of nitrogens with two attached hydrogens (primary N) is 1. The van der Waals surface area contributed by atoms with Crippen molar-refractivity contribution in [3.63, 3.8) is 0 Å². The van der Waals surface area contributed by atoms with Crippen LogP contribution in [0.3, 0.4) is 0 Å². The molecule has 1 aromatic rings. The highest BCUT2D eigenvalue weighted by Crippen LogP contribution is 2.30. The number of nitrogens with zero attached hydrogens (tertiary/aromatic N) is 2. The van der Waals surface area contributed by atoms with E-state index < -0.39 is 0 Å². The van der Waals surface area contributed by atoms with Crippen molar-refractivity contribution in [1.82, 2.24) is 4.90 Å². The second-order valence-corrected chi connectivity index (χ2v) is 6.57. The van der Waals surface area contributed by atoms with Crippen molar-refractivity contribution in [3.8, 4) is 0 Å². The summed E-state index contributed by atoms with van der Waals surface area (Å²) in [5.74, 6) is 0.322. The van der Waals surface area contributed by atoms with Crippen LogP contribution in [0.2, 0.25) is 0 Å². The third-order valence-electron chi connectivity index (χ3n) is 4.33. The first-order chi connectivity index (χ1) is 9.56. The molecule has 0 aromatic heterocycles. The van der Waals surface area contributed by atoms with Gasteiger partial charge in [-0.05, 0) is 31.0 Å². The Labute approximate surface area is 128 Å². The molecule has 2 aliphatic heterocycles. The lowest BCUT2D eigenvalue weighted by Crippen LogP contribution is -2.51. The number of anilines is 1. The van der Waals surface area contributed by atoms with Crippen LogP contribution in [0.5, 0.6) is 0 Å². The molecule has 2 N–H and O–H groups in total.